The van der Waals surface area contributed by atoms with Crippen LogP contribution in [0, 0.1) is 6.92 Å². The molecule has 1 heterocycles. The van der Waals surface area contributed by atoms with Gasteiger partial charge in [-0.25, -0.2) is 0 Å². The molecule has 2 aromatic rings. The van der Waals surface area contributed by atoms with Crippen LogP contribution in [0.25, 0.3) is 0 Å². The Morgan fingerprint density at radius 3 is 2.67 bits per heavy atom. The van der Waals surface area contributed by atoms with Crippen LogP contribution in [-0.4, -0.2) is 16.8 Å². The maximum absolute atomic E-state index is 6.14. The largest absolute Gasteiger partial charge is 0.327 e. The number of nitrogens with two attached hydrogens (primary N) is 1. The molecule has 0 amide bonds. The minimum atomic E-state index is 0.143. The second-order valence-electron chi connectivity index (χ2n) is 4.36. The van der Waals surface area contributed by atoms with Crippen LogP contribution < -0.4 is 5.73 Å². The third-order valence-electron chi connectivity index (χ3n) is 2.74. The van der Waals surface area contributed by atoms with Gasteiger partial charge in [-0.1, -0.05) is 24.3 Å². The number of thioether (sulfide) groups is 1. The van der Waals surface area contributed by atoms with Gasteiger partial charge in [-0.3, -0.25) is 4.98 Å². The van der Waals surface area contributed by atoms with Crippen molar-refractivity contribution in [1.29, 1.82) is 0 Å². The van der Waals surface area contributed by atoms with E-state index in [-0.39, 0.29) is 6.04 Å². The molecule has 0 fully saturated rings. The average molecular weight is 258 g/mol. The number of rotatable bonds is 5. The fourth-order valence-electron chi connectivity index (χ4n) is 1.76. The van der Waals surface area contributed by atoms with E-state index >= 15 is 0 Å². The highest BCUT2D eigenvalue weighted by atomic mass is 32.2. The molecule has 0 aliphatic heterocycles. The van der Waals surface area contributed by atoms with E-state index < -0.39 is 0 Å². The summed E-state index contributed by atoms with van der Waals surface area (Å²) in [6, 6.07) is 14.5. The monoisotopic (exact) mass is 258 g/mol. The van der Waals surface area contributed by atoms with Crippen LogP contribution >= 0.6 is 11.8 Å². The van der Waals surface area contributed by atoms with Crippen LogP contribution in [0.15, 0.2) is 53.6 Å². The molecule has 0 aliphatic rings. The van der Waals surface area contributed by atoms with Crippen molar-refractivity contribution >= 4 is 11.8 Å². The normalized spacial score (nSPS) is 12.3. The zero-order valence-electron chi connectivity index (χ0n) is 10.5. The first-order valence-corrected chi connectivity index (χ1v) is 7.08. The van der Waals surface area contributed by atoms with Gasteiger partial charge in [0.2, 0.25) is 0 Å². The van der Waals surface area contributed by atoms with Gasteiger partial charge in [0, 0.05) is 35.0 Å². The maximum atomic E-state index is 6.14. The summed E-state index contributed by atoms with van der Waals surface area (Å²) in [5.41, 5.74) is 8.52. The van der Waals surface area contributed by atoms with Crippen molar-refractivity contribution in [2.75, 3.05) is 5.75 Å². The van der Waals surface area contributed by atoms with Crippen molar-refractivity contribution in [1.82, 2.24) is 4.98 Å². The predicted molar refractivity (Wildman–Crippen MR) is 77.8 cm³/mol. The third kappa shape index (κ3) is 3.86. The molecular weight excluding hydrogens is 240 g/mol. The first-order valence-electron chi connectivity index (χ1n) is 6.09. The molecule has 1 aromatic carbocycles. The number of benzene rings is 1. The lowest BCUT2D eigenvalue weighted by Crippen LogP contribution is -2.26. The Balaban J connectivity index is 1.86. The molecule has 1 atom stereocenters. The van der Waals surface area contributed by atoms with E-state index in [1.54, 1.807) is 0 Å². The summed E-state index contributed by atoms with van der Waals surface area (Å²) in [5.74, 6) is 0.918. The highest BCUT2D eigenvalue weighted by Gasteiger charge is 2.06. The summed E-state index contributed by atoms with van der Waals surface area (Å²) < 4.78 is 0. The summed E-state index contributed by atoms with van der Waals surface area (Å²) in [7, 11) is 0. The molecule has 0 spiro atoms. The van der Waals surface area contributed by atoms with Gasteiger partial charge in [0.05, 0.1) is 0 Å². The Morgan fingerprint density at radius 2 is 1.94 bits per heavy atom. The summed E-state index contributed by atoms with van der Waals surface area (Å²) in [6.07, 6.45) is 2.65. The molecule has 1 unspecified atom stereocenters. The Kier molecular flexibility index (Phi) is 4.79. The van der Waals surface area contributed by atoms with E-state index in [9.17, 15) is 0 Å². The molecule has 2 rings (SSSR count). The Labute approximate surface area is 113 Å². The van der Waals surface area contributed by atoms with Crippen LogP contribution in [0.3, 0.4) is 0 Å². The molecule has 1 aromatic heterocycles. The van der Waals surface area contributed by atoms with E-state index in [0.29, 0.717) is 0 Å². The van der Waals surface area contributed by atoms with Gasteiger partial charge in [0.1, 0.15) is 0 Å². The number of aromatic nitrogens is 1. The van der Waals surface area contributed by atoms with Crippen molar-refractivity contribution in [2.24, 2.45) is 5.73 Å². The van der Waals surface area contributed by atoms with Gasteiger partial charge < -0.3 is 5.73 Å². The molecule has 3 heteroatoms. The van der Waals surface area contributed by atoms with Crippen LogP contribution in [0.1, 0.15) is 11.3 Å². The van der Waals surface area contributed by atoms with E-state index in [1.807, 2.05) is 36.2 Å². The molecular formula is C15H18N2S. The molecule has 2 nitrogen and oxygen atoms in total. The SMILES string of the molecule is Cc1ccccc1SCC(N)Cc1ccccn1. The van der Waals surface area contributed by atoms with Gasteiger partial charge in [0.25, 0.3) is 0 Å². The second-order valence-corrected chi connectivity index (χ2v) is 5.42. The minimum Gasteiger partial charge on any atom is -0.327 e. The van der Waals surface area contributed by atoms with Crippen LogP contribution in [-0.2, 0) is 6.42 Å². The number of hydrogen-bond acceptors (Lipinski definition) is 3. The smallest absolute Gasteiger partial charge is 0.0419 e. The lowest BCUT2D eigenvalue weighted by Gasteiger charge is -2.11. The fraction of sp³-hybridized carbons (Fsp3) is 0.267. The summed E-state index contributed by atoms with van der Waals surface area (Å²) >= 11 is 1.82. The molecule has 0 saturated heterocycles. The number of pyridine rings is 1. The summed E-state index contributed by atoms with van der Waals surface area (Å²) in [6.45, 7) is 2.13. The molecule has 94 valence electrons. The van der Waals surface area contributed by atoms with E-state index in [4.69, 9.17) is 5.73 Å². The summed E-state index contributed by atoms with van der Waals surface area (Å²) in [4.78, 5) is 5.62. The van der Waals surface area contributed by atoms with Gasteiger partial charge in [-0.05, 0) is 30.7 Å². The van der Waals surface area contributed by atoms with Crippen LogP contribution in [0.2, 0.25) is 0 Å². The first kappa shape index (κ1) is 13.1. The lowest BCUT2D eigenvalue weighted by molar-refractivity contribution is 0.732. The quantitative estimate of drug-likeness (QED) is 0.838. The van der Waals surface area contributed by atoms with E-state index in [2.05, 4.69) is 36.2 Å². The fourth-order valence-corrected chi connectivity index (χ4v) is 2.74. The van der Waals surface area contributed by atoms with Crippen molar-refractivity contribution < 1.29 is 0 Å². The second kappa shape index (κ2) is 6.57. The highest BCUT2D eigenvalue weighted by molar-refractivity contribution is 7.99. The standard InChI is InChI=1S/C15H18N2S/c1-12-6-2-3-8-15(12)18-11-13(16)10-14-7-4-5-9-17-14/h2-9,13H,10-11,16H2,1H3. The molecule has 2 N–H and O–H groups in total. The zero-order valence-corrected chi connectivity index (χ0v) is 11.4. The molecule has 0 bridgehead atoms. The van der Waals surface area contributed by atoms with Crippen molar-refractivity contribution in [3.8, 4) is 0 Å². The molecule has 0 aliphatic carbocycles. The zero-order chi connectivity index (χ0) is 12.8. The minimum absolute atomic E-state index is 0.143. The van der Waals surface area contributed by atoms with Crippen molar-refractivity contribution in [3.05, 3.63) is 59.9 Å². The lowest BCUT2D eigenvalue weighted by atomic mass is 10.2. The molecule has 0 saturated carbocycles. The Hall–Kier alpha value is -1.32. The topological polar surface area (TPSA) is 38.9 Å². The predicted octanol–water partition coefficient (Wildman–Crippen LogP) is 3.05. The maximum Gasteiger partial charge on any atom is 0.0419 e. The number of aryl methyl sites for hydroxylation is 1. The van der Waals surface area contributed by atoms with Crippen molar-refractivity contribution in [3.63, 3.8) is 0 Å². The Morgan fingerprint density at radius 1 is 1.17 bits per heavy atom. The highest BCUT2D eigenvalue weighted by Crippen LogP contribution is 2.22. The van der Waals surface area contributed by atoms with Gasteiger partial charge in [-0.15, -0.1) is 11.8 Å². The van der Waals surface area contributed by atoms with Crippen LogP contribution in [0.5, 0.6) is 0 Å². The van der Waals surface area contributed by atoms with Gasteiger partial charge >= 0.3 is 0 Å². The first-order chi connectivity index (χ1) is 8.75. The number of nitrogens with zero attached hydrogens (tertiary/aromatic N) is 1. The van der Waals surface area contributed by atoms with E-state index in [1.165, 1.54) is 10.5 Å². The third-order valence-corrected chi connectivity index (χ3v) is 4.11. The van der Waals surface area contributed by atoms with Crippen LogP contribution in [0.4, 0.5) is 0 Å². The Bertz CT molecular complexity index is 485. The average Bonchev–Trinajstić information content (AvgIpc) is 2.39. The molecule has 0 radical (unpaired) electrons. The number of hydrogen-bond donors (Lipinski definition) is 1. The van der Waals surface area contributed by atoms with E-state index in [0.717, 1.165) is 17.9 Å². The van der Waals surface area contributed by atoms with Gasteiger partial charge in [-0.2, -0.15) is 0 Å². The van der Waals surface area contributed by atoms with Gasteiger partial charge in [0.15, 0.2) is 0 Å². The molecule has 18 heavy (non-hydrogen) atoms. The summed E-state index contributed by atoms with van der Waals surface area (Å²) in [5, 5.41) is 0. The van der Waals surface area contributed by atoms with Crippen molar-refractivity contribution in [2.45, 2.75) is 24.3 Å².